The predicted molar refractivity (Wildman–Crippen MR) is 102 cm³/mol. The smallest absolute Gasteiger partial charge is 0.257 e. The number of H-pyrrole nitrogens is 1. The Morgan fingerprint density at radius 3 is 2.65 bits per heavy atom. The van der Waals surface area contributed by atoms with E-state index >= 15 is 0 Å². The molecule has 1 aliphatic heterocycles. The van der Waals surface area contributed by atoms with Crippen LogP contribution in [0.2, 0.25) is 0 Å². The van der Waals surface area contributed by atoms with Crippen LogP contribution < -0.4 is 10.2 Å². The Hall–Kier alpha value is -3.15. The summed E-state index contributed by atoms with van der Waals surface area (Å²) in [7, 11) is 0. The molecule has 0 saturated carbocycles. The van der Waals surface area contributed by atoms with Gasteiger partial charge in [0.25, 0.3) is 5.91 Å². The fourth-order valence-corrected chi connectivity index (χ4v) is 3.47. The van der Waals surface area contributed by atoms with Crippen LogP contribution in [0.25, 0.3) is 11.0 Å². The fraction of sp³-hybridized carbons (Fsp3) is 0.250. The van der Waals surface area contributed by atoms with Crippen molar-refractivity contribution in [3.8, 4) is 0 Å². The monoisotopic (exact) mass is 348 g/mol. The molecule has 4 rings (SSSR count). The first-order valence-electron chi connectivity index (χ1n) is 8.64. The maximum Gasteiger partial charge on any atom is 0.257 e. The van der Waals surface area contributed by atoms with Crippen LogP contribution in [0.1, 0.15) is 36.7 Å². The van der Waals surface area contributed by atoms with E-state index in [4.69, 9.17) is 0 Å². The summed E-state index contributed by atoms with van der Waals surface area (Å²) >= 11 is 0. The number of aromatic amines is 1. The number of aromatic nitrogens is 2. The van der Waals surface area contributed by atoms with E-state index < -0.39 is 5.41 Å². The normalized spacial score (nSPS) is 15.3. The maximum absolute atomic E-state index is 12.6. The lowest BCUT2D eigenvalue weighted by Crippen LogP contribution is -2.35. The summed E-state index contributed by atoms with van der Waals surface area (Å²) in [4.78, 5) is 34.3. The number of hydrogen-bond donors (Lipinski definition) is 2. The number of nitrogens with zero attached hydrogens (tertiary/aromatic N) is 2. The quantitative estimate of drug-likeness (QED) is 0.761. The van der Waals surface area contributed by atoms with E-state index in [1.165, 1.54) is 0 Å². The highest BCUT2D eigenvalue weighted by Gasteiger charge is 2.43. The first kappa shape index (κ1) is 16.3. The number of carbonyl (C=O) groups excluding carboxylic acids is 2. The zero-order chi connectivity index (χ0) is 18.5. The topological polar surface area (TPSA) is 78.1 Å². The molecule has 0 saturated heterocycles. The molecular formula is C20H20N4O2. The van der Waals surface area contributed by atoms with Crippen LogP contribution >= 0.6 is 0 Å². The third-order valence-corrected chi connectivity index (χ3v) is 4.93. The lowest BCUT2D eigenvalue weighted by molar-refractivity contribution is -0.122. The highest BCUT2D eigenvalue weighted by molar-refractivity contribution is 6.09. The van der Waals surface area contributed by atoms with Crippen molar-refractivity contribution in [2.45, 2.75) is 26.2 Å². The lowest BCUT2D eigenvalue weighted by Gasteiger charge is -2.18. The van der Waals surface area contributed by atoms with Crippen molar-refractivity contribution >= 4 is 34.5 Å². The summed E-state index contributed by atoms with van der Waals surface area (Å²) in [5.41, 5.74) is 3.38. The van der Waals surface area contributed by atoms with Gasteiger partial charge in [0.1, 0.15) is 0 Å². The van der Waals surface area contributed by atoms with Crippen molar-refractivity contribution in [1.29, 1.82) is 0 Å². The van der Waals surface area contributed by atoms with Crippen LogP contribution in [0.15, 0.2) is 42.5 Å². The second-order valence-electron chi connectivity index (χ2n) is 6.97. The number of rotatable bonds is 3. The van der Waals surface area contributed by atoms with E-state index in [2.05, 4.69) is 15.3 Å². The van der Waals surface area contributed by atoms with Crippen LogP contribution in [0, 0.1) is 0 Å². The minimum Gasteiger partial charge on any atom is -0.324 e. The highest BCUT2D eigenvalue weighted by atomic mass is 16.2. The van der Waals surface area contributed by atoms with Crippen LogP contribution in [-0.4, -0.2) is 28.3 Å². The summed E-state index contributed by atoms with van der Waals surface area (Å²) in [5, 5.41) is 2.79. The average Bonchev–Trinajstić information content (AvgIpc) is 3.10. The second-order valence-corrected chi connectivity index (χ2v) is 6.97. The van der Waals surface area contributed by atoms with Gasteiger partial charge >= 0.3 is 0 Å². The largest absolute Gasteiger partial charge is 0.324 e. The molecule has 0 bridgehead atoms. The highest BCUT2D eigenvalue weighted by Crippen LogP contribution is 2.43. The molecule has 6 nitrogen and oxygen atoms in total. The Bertz CT molecular complexity index is 1020. The van der Waals surface area contributed by atoms with Crippen molar-refractivity contribution in [3.63, 3.8) is 0 Å². The molecule has 2 heterocycles. The van der Waals surface area contributed by atoms with E-state index in [9.17, 15) is 9.59 Å². The molecular weight excluding hydrogens is 328 g/mol. The number of amides is 2. The second kappa shape index (κ2) is 5.69. The number of nitrogens with one attached hydrogen (secondary N) is 2. The molecule has 2 amide bonds. The zero-order valence-electron chi connectivity index (χ0n) is 15.0. The Morgan fingerprint density at radius 2 is 1.96 bits per heavy atom. The molecule has 0 unspecified atom stereocenters. The molecule has 6 heteroatoms. The number of benzene rings is 2. The fourth-order valence-electron chi connectivity index (χ4n) is 3.47. The molecule has 0 radical (unpaired) electrons. The summed E-state index contributed by atoms with van der Waals surface area (Å²) in [6.07, 6.45) is 0. The Balaban J connectivity index is 1.72. The van der Waals surface area contributed by atoms with Gasteiger partial charge in [0.2, 0.25) is 11.9 Å². The minimum absolute atomic E-state index is 0.0975. The van der Waals surface area contributed by atoms with Gasteiger partial charge in [-0.1, -0.05) is 18.2 Å². The first-order chi connectivity index (χ1) is 12.4. The average molecular weight is 348 g/mol. The zero-order valence-corrected chi connectivity index (χ0v) is 15.0. The summed E-state index contributed by atoms with van der Waals surface area (Å²) in [5.74, 6) is 0.271. The number of imidazole rings is 1. The van der Waals surface area contributed by atoms with Gasteiger partial charge in [-0.25, -0.2) is 4.98 Å². The molecule has 0 aliphatic carbocycles. The number of likely N-dealkylation sites (N-methyl/N-ethyl adjacent to an activating group) is 1. The van der Waals surface area contributed by atoms with E-state index in [1.807, 2.05) is 51.1 Å². The van der Waals surface area contributed by atoms with Gasteiger partial charge in [-0.2, -0.15) is 0 Å². The SMILES string of the molecule is CCN1C(=O)C(C)(C)c2cc3[nH]c(NC(=O)c4ccccc4)nc3cc21. The molecule has 1 aromatic heterocycles. The van der Waals surface area contributed by atoms with Crippen molar-refractivity contribution in [3.05, 3.63) is 53.6 Å². The molecule has 0 atom stereocenters. The number of anilines is 2. The maximum atomic E-state index is 12.6. The van der Waals surface area contributed by atoms with Crippen LogP contribution in [0.5, 0.6) is 0 Å². The van der Waals surface area contributed by atoms with E-state index in [1.54, 1.807) is 17.0 Å². The van der Waals surface area contributed by atoms with Gasteiger partial charge in [-0.15, -0.1) is 0 Å². The standard InChI is InChI=1S/C20H20N4O2/c1-4-24-16-11-15-14(10-13(16)20(2,3)18(24)26)21-19(22-15)23-17(25)12-8-6-5-7-9-12/h5-11H,4H2,1-3H3,(H2,21,22,23,25). The van der Waals surface area contributed by atoms with Crippen molar-refractivity contribution in [1.82, 2.24) is 9.97 Å². The van der Waals surface area contributed by atoms with Crippen LogP contribution in [0.3, 0.4) is 0 Å². The Labute approximate surface area is 151 Å². The molecule has 0 spiro atoms. The molecule has 26 heavy (non-hydrogen) atoms. The molecule has 2 aromatic carbocycles. The van der Waals surface area contributed by atoms with Gasteiger partial charge in [0.15, 0.2) is 0 Å². The summed E-state index contributed by atoms with van der Waals surface area (Å²) in [6.45, 7) is 6.44. The van der Waals surface area contributed by atoms with E-state index in [0.717, 1.165) is 22.3 Å². The number of fused-ring (bicyclic) bond motifs is 2. The van der Waals surface area contributed by atoms with Gasteiger partial charge in [-0.3, -0.25) is 14.9 Å². The number of carbonyl (C=O) groups is 2. The van der Waals surface area contributed by atoms with Crippen molar-refractivity contribution < 1.29 is 9.59 Å². The molecule has 0 fully saturated rings. The molecule has 3 aromatic rings. The lowest BCUT2D eigenvalue weighted by atomic mass is 9.86. The van der Waals surface area contributed by atoms with Crippen molar-refractivity contribution in [2.75, 3.05) is 16.8 Å². The molecule has 1 aliphatic rings. The van der Waals surface area contributed by atoms with Crippen LogP contribution in [-0.2, 0) is 10.2 Å². The first-order valence-corrected chi connectivity index (χ1v) is 8.64. The van der Waals surface area contributed by atoms with E-state index in [-0.39, 0.29) is 11.8 Å². The molecule has 2 N–H and O–H groups in total. The minimum atomic E-state index is -0.571. The number of hydrogen-bond acceptors (Lipinski definition) is 3. The Morgan fingerprint density at radius 1 is 1.23 bits per heavy atom. The van der Waals surface area contributed by atoms with Crippen molar-refractivity contribution in [2.24, 2.45) is 0 Å². The molecule has 132 valence electrons. The van der Waals surface area contributed by atoms with Gasteiger partial charge < -0.3 is 9.88 Å². The van der Waals surface area contributed by atoms with Crippen LogP contribution in [0.4, 0.5) is 11.6 Å². The third kappa shape index (κ3) is 2.37. The van der Waals surface area contributed by atoms with Gasteiger partial charge in [0, 0.05) is 12.1 Å². The third-order valence-electron chi connectivity index (χ3n) is 4.93. The predicted octanol–water partition coefficient (Wildman–Crippen LogP) is 3.46. The summed E-state index contributed by atoms with van der Waals surface area (Å²) in [6, 6.07) is 12.9. The summed E-state index contributed by atoms with van der Waals surface area (Å²) < 4.78 is 0. The van der Waals surface area contributed by atoms with Gasteiger partial charge in [-0.05, 0) is 50.6 Å². The van der Waals surface area contributed by atoms with E-state index in [0.29, 0.717) is 18.1 Å². The van der Waals surface area contributed by atoms with Gasteiger partial charge in [0.05, 0.1) is 22.1 Å². The Kier molecular flexibility index (Phi) is 3.57.